The SMILES string of the molecule is CN(C)CCNC(=O)c1c[nH]c(=O)n(-c2ccccc2)c1=O. The van der Waals surface area contributed by atoms with Gasteiger partial charge < -0.3 is 15.2 Å². The van der Waals surface area contributed by atoms with Crippen molar-refractivity contribution in [2.75, 3.05) is 27.2 Å². The third-order valence-electron chi connectivity index (χ3n) is 3.08. The standard InChI is InChI=1S/C15H18N4O3/c1-18(2)9-8-16-13(20)12-10-17-15(22)19(14(12)21)11-6-4-3-5-7-11/h3-7,10H,8-9H2,1-2H3,(H,16,20)(H,17,22). The van der Waals surface area contributed by atoms with Gasteiger partial charge in [0.05, 0.1) is 5.69 Å². The van der Waals surface area contributed by atoms with E-state index in [0.717, 1.165) is 10.8 Å². The van der Waals surface area contributed by atoms with Crippen LogP contribution in [0.3, 0.4) is 0 Å². The second-order valence-corrected chi connectivity index (χ2v) is 5.04. The third-order valence-corrected chi connectivity index (χ3v) is 3.08. The van der Waals surface area contributed by atoms with E-state index >= 15 is 0 Å². The normalized spacial score (nSPS) is 10.7. The molecule has 0 spiro atoms. The quantitative estimate of drug-likeness (QED) is 0.802. The van der Waals surface area contributed by atoms with Gasteiger partial charge >= 0.3 is 5.69 Å². The van der Waals surface area contributed by atoms with Crippen LogP contribution >= 0.6 is 0 Å². The molecule has 0 atom stereocenters. The number of para-hydroxylation sites is 1. The fraction of sp³-hybridized carbons (Fsp3) is 0.267. The minimum absolute atomic E-state index is 0.0952. The molecule has 116 valence electrons. The zero-order valence-electron chi connectivity index (χ0n) is 12.5. The lowest BCUT2D eigenvalue weighted by Crippen LogP contribution is -2.40. The first-order valence-corrected chi connectivity index (χ1v) is 6.84. The molecule has 1 aromatic heterocycles. The van der Waals surface area contributed by atoms with E-state index in [1.54, 1.807) is 30.3 Å². The number of nitrogens with zero attached hydrogens (tertiary/aromatic N) is 2. The van der Waals surface area contributed by atoms with Gasteiger partial charge in [-0.2, -0.15) is 0 Å². The second kappa shape index (κ2) is 6.86. The molecule has 0 radical (unpaired) electrons. The van der Waals surface area contributed by atoms with E-state index in [2.05, 4.69) is 10.3 Å². The van der Waals surface area contributed by atoms with Crippen molar-refractivity contribution in [1.82, 2.24) is 19.8 Å². The van der Waals surface area contributed by atoms with Crippen molar-refractivity contribution in [2.45, 2.75) is 0 Å². The molecule has 0 bridgehead atoms. The zero-order valence-corrected chi connectivity index (χ0v) is 12.5. The van der Waals surface area contributed by atoms with Gasteiger partial charge in [0.25, 0.3) is 11.5 Å². The number of hydrogen-bond donors (Lipinski definition) is 2. The van der Waals surface area contributed by atoms with Crippen LogP contribution in [0.2, 0.25) is 0 Å². The van der Waals surface area contributed by atoms with Gasteiger partial charge in [0, 0.05) is 19.3 Å². The van der Waals surface area contributed by atoms with Gasteiger partial charge in [0.1, 0.15) is 5.56 Å². The number of carbonyl (C=O) groups excluding carboxylic acids is 1. The van der Waals surface area contributed by atoms with Crippen molar-refractivity contribution < 1.29 is 4.79 Å². The summed E-state index contributed by atoms with van der Waals surface area (Å²) < 4.78 is 0.945. The Labute approximate surface area is 127 Å². The van der Waals surface area contributed by atoms with Crippen molar-refractivity contribution >= 4 is 5.91 Å². The second-order valence-electron chi connectivity index (χ2n) is 5.04. The van der Waals surface area contributed by atoms with Crippen LogP contribution < -0.4 is 16.6 Å². The molecule has 1 heterocycles. The summed E-state index contributed by atoms with van der Waals surface area (Å²) in [4.78, 5) is 40.7. The van der Waals surface area contributed by atoms with Crippen LogP contribution in [0.25, 0.3) is 5.69 Å². The number of hydrogen-bond acceptors (Lipinski definition) is 4. The molecular formula is C15H18N4O3. The Morgan fingerprint density at radius 1 is 1.23 bits per heavy atom. The van der Waals surface area contributed by atoms with Crippen molar-refractivity contribution in [1.29, 1.82) is 0 Å². The van der Waals surface area contributed by atoms with Gasteiger partial charge in [-0.3, -0.25) is 9.59 Å². The van der Waals surface area contributed by atoms with Crippen LogP contribution in [0.1, 0.15) is 10.4 Å². The van der Waals surface area contributed by atoms with Crippen molar-refractivity contribution in [3.63, 3.8) is 0 Å². The highest BCUT2D eigenvalue weighted by atomic mass is 16.2. The van der Waals surface area contributed by atoms with Gasteiger partial charge in [0.2, 0.25) is 0 Å². The Kier molecular flexibility index (Phi) is 4.90. The predicted octanol–water partition coefficient (Wildman–Crippen LogP) is -0.183. The molecule has 0 unspecified atom stereocenters. The molecular weight excluding hydrogens is 284 g/mol. The number of aromatic nitrogens is 2. The highest BCUT2D eigenvalue weighted by Crippen LogP contribution is 2.01. The maximum atomic E-state index is 12.4. The molecule has 0 aliphatic carbocycles. The maximum Gasteiger partial charge on any atom is 0.333 e. The minimum Gasteiger partial charge on any atom is -0.351 e. The number of aromatic amines is 1. The van der Waals surface area contributed by atoms with E-state index in [1.165, 1.54) is 0 Å². The van der Waals surface area contributed by atoms with E-state index in [0.29, 0.717) is 18.8 Å². The highest BCUT2D eigenvalue weighted by molar-refractivity contribution is 5.93. The van der Waals surface area contributed by atoms with Crippen LogP contribution in [0.4, 0.5) is 0 Å². The van der Waals surface area contributed by atoms with Crippen LogP contribution in [0.15, 0.2) is 46.1 Å². The number of nitrogens with one attached hydrogen (secondary N) is 2. The summed E-state index contributed by atoms with van der Waals surface area (Å²) >= 11 is 0. The first-order chi connectivity index (χ1) is 10.5. The molecule has 0 aliphatic heterocycles. The highest BCUT2D eigenvalue weighted by Gasteiger charge is 2.15. The maximum absolute atomic E-state index is 12.4. The molecule has 22 heavy (non-hydrogen) atoms. The average molecular weight is 302 g/mol. The molecule has 0 fully saturated rings. The summed E-state index contributed by atoms with van der Waals surface area (Å²) in [6, 6.07) is 8.46. The third kappa shape index (κ3) is 3.50. The van der Waals surface area contributed by atoms with E-state index in [9.17, 15) is 14.4 Å². The monoisotopic (exact) mass is 302 g/mol. The van der Waals surface area contributed by atoms with E-state index in [-0.39, 0.29) is 5.56 Å². The molecule has 2 N–H and O–H groups in total. The van der Waals surface area contributed by atoms with Gasteiger partial charge in [-0.05, 0) is 26.2 Å². The number of likely N-dealkylation sites (N-methyl/N-ethyl adjacent to an activating group) is 1. The Morgan fingerprint density at radius 2 is 1.91 bits per heavy atom. The van der Waals surface area contributed by atoms with Crippen LogP contribution in [-0.2, 0) is 0 Å². The molecule has 7 nitrogen and oxygen atoms in total. The lowest BCUT2D eigenvalue weighted by atomic mass is 10.2. The topological polar surface area (TPSA) is 87.2 Å². The van der Waals surface area contributed by atoms with Crippen molar-refractivity contribution in [3.05, 3.63) is 62.9 Å². The van der Waals surface area contributed by atoms with Gasteiger partial charge in [-0.1, -0.05) is 18.2 Å². The Balaban J connectivity index is 2.34. The predicted molar refractivity (Wildman–Crippen MR) is 83.5 cm³/mol. The first kappa shape index (κ1) is 15.7. The van der Waals surface area contributed by atoms with Gasteiger partial charge in [0.15, 0.2) is 0 Å². The summed E-state index contributed by atoms with van der Waals surface area (Å²) in [6.07, 6.45) is 1.15. The number of amides is 1. The molecule has 0 aliphatic rings. The summed E-state index contributed by atoms with van der Waals surface area (Å²) in [6.45, 7) is 1.07. The summed E-state index contributed by atoms with van der Waals surface area (Å²) in [7, 11) is 3.77. The number of rotatable bonds is 5. The fourth-order valence-electron chi connectivity index (χ4n) is 1.94. The van der Waals surface area contributed by atoms with E-state index in [4.69, 9.17) is 0 Å². The Morgan fingerprint density at radius 3 is 2.55 bits per heavy atom. The van der Waals surface area contributed by atoms with Gasteiger partial charge in [-0.25, -0.2) is 9.36 Å². The molecule has 1 aromatic carbocycles. The largest absolute Gasteiger partial charge is 0.351 e. The smallest absolute Gasteiger partial charge is 0.333 e. The van der Waals surface area contributed by atoms with Crippen molar-refractivity contribution in [2.24, 2.45) is 0 Å². The van der Waals surface area contributed by atoms with Crippen LogP contribution in [-0.4, -0.2) is 47.5 Å². The Hall–Kier alpha value is -2.67. The zero-order chi connectivity index (χ0) is 16.1. The molecule has 1 amide bonds. The summed E-state index contributed by atoms with van der Waals surface area (Å²) in [5.74, 6) is -0.507. The van der Waals surface area contributed by atoms with Gasteiger partial charge in [-0.15, -0.1) is 0 Å². The fourth-order valence-corrected chi connectivity index (χ4v) is 1.94. The van der Waals surface area contributed by atoms with Crippen LogP contribution in [0.5, 0.6) is 0 Å². The first-order valence-electron chi connectivity index (χ1n) is 6.84. The number of benzene rings is 1. The average Bonchev–Trinajstić information content (AvgIpc) is 2.48. The molecule has 2 aromatic rings. The minimum atomic E-state index is -0.641. The van der Waals surface area contributed by atoms with E-state index < -0.39 is 17.2 Å². The number of H-pyrrole nitrogens is 1. The lowest BCUT2D eigenvalue weighted by molar-refractivity contribution is 0.0948. The number of carbonyl (C=O) groups is 1. The Bertz CT molecular complexity index is 762. The molecule has 0 saturated heterocycles. The lowest BCUT2D eigenvalue weighted by Gasteiger charge is -2.11. The van der Waals surface area contributed by atoms with E-state index in [1.807, 2.05) is 19.0 Å². The summed E-state index contributed by atoms with van der Waals surface area (Å²) in [5.41, 5.74) is -0.905. The van der Waals surface area contributed by atoms with Crippen molar-refractivity contribution in [3.8, 4) is 5.69 Å². The molecule has 0 saturated carbocycles. The summed E-state index contributed by atoms with van der Waals surface area (Å²) in [5, 5.41) is 2.65. The molecule has 7 heteroatoms. The van der Waals surface area contributed by atoms with Crippen LogP contribution in [0, 0.1) is 0 Å². The molecule has 2 rings (SSSR count).